The molecule has 1 aromatic heterocycles. The van der Waals surface area contributed by atoms with Gasteiger partial charge in [0.1, 0.15) is 5.82 Å². The van der Waals surface area contributed by atoms with Gasteiger partial charge in [0.15, 0.2) is 0 Å². The molecule has 2 aliphatic heterocycles. The van der Waals surface area contributed by atoms with E-state index in [1.54, 1.807) is 0 Å². The van der Waals surface area contributed by atoms with Gasteiger partial charge in [0.05, 0.1) is 10.6 Å². The highest BCUT2D eigenvalue weighted by Crippen LogP contribution is 2.38. The number of benzene rings is 1. The second-order valence-corrected chi connectivity index (χ2v) is 9.67. The second kappa shape index (κ2) is 8.42. The van der Waals surface area contributed by atoms with Crippen molar-refractivity contribution in [3.8, 4) is 0 Å². The van der Waals surface area contributed by atoms with Crippen molar-refractivity contribution in [1.29, 1.82) is 0 Å². The maximum atomic E-state index is 5.06. The van der Waals surface area contributed by atoms with Crippen LogP contribution in [0.4, 0.5) is 17.5 Å². The second-order valence-electron chi connectivity index (χ2n) is 8.57. The Morgan fingerprint density at radius 1 is 0.966 bits per heavy atom. The van der Waals surface area contributed by atoms with Crippen LogP contribution in [0.15, 0.2) is 35.2 Å². The normalized spacial score (nSPS) is 24.4. The van der Waals surface area contributed by atoms with Crippen LogP contribution in [0.3, 0.4) is 0 Å². The van der Waals surface area contributed by atoms with Crippen molar-refractivity contribution in [1.82, 2.24) is 9.97 Å². The van der Waals surface area contributed by atoms with Crippen molar-refractivity contribution in [2.24, 2.45) is 5.92 Å². The fourth-order valence-electron chi connectivity index (χ4n) is 4.80. The Morgan fingerprint density at radius 2 is 1.72 bits per heavy atom. The third-order valence-electron chi connectivity index (χ3n) is 6.63. The summed E-state index contributed by atoms with van der Waals surface area (Å²) in [6, 6.07) is 11.3. The molecule has 6 heteroatoms. The van der Waals surface area contributed by atoms with Crippen molar-refractivity contribution < 1.29 is 0 Å². The average Bonchev–Trinajstić information content (AvgIpc) is 3.25. The lowest BCUT2D eigenvalue weighted by Gasteiger charge is -2.36. The third-order valence-corrected chi connectivity index (χ3v) is 7.75. The summed E-state index contributed by atoms with van der Waals surface area (Å²) < 4.78 is 0. The summed E-state index contributed by atoms with van der Waals surface area (Å²) in [7, 11) is 0. The molecule has 1 saturated carbocycles. The number of aryl methyl sites for hydroxylation is 1. The topological polar surface area (TPSA) is 44.3 Å². The lowest BCUT2D eigenvalue weighted by molar-refractivity contribution is 0.348. The van der Waals surface area contributed by atoms with Gasteiger partial charge < -0.3 is 15.1 Å². The maximum Gasteiger partial charge on any atom is 0.227 e. The van der Waals surface area contributed by atoms with Crippen molar-refractivity contribution in [2.75, 3.05) is 47.0 Å². The Morgan fingerprint density at radius 3 is 2.52 bits per heavy atom. The average molecular weight is 410 g/mol. The highest BCUT2D eigenvalue weighted by atomic mass is 32.2. The molecule has 2 atom stereocenters. The molecule has 1 aliphatic carbocycles. The molecule has 2 aromatic rings. The van der Waals surface area contributed by atoms with Crippen molar-refractivity contribution in [3.05, 3.63) is 36.0 Å². The number of nitrogens with one attached hydrogen (secondary N) is 1. The van der Waals surface area contributed by atoms with E-state index in [2.05, 4.69) is 52.4 Å². The van der Waals surface area contributed by atoms with Crippen molar-refractivity contribution in [2.45, 2.75) is 50.0 Å². The minimum Gasteiger partial charge on any atom is -0.368 e. The van der Waals surface area contributed by atoms with Gasteiger partial charge in [0.2, 0.25) is 5.95 Å². The first-order valence-corrected chi connectivity index (χ1v) is 12.1. The Bertz CT molecular complexity index is 835. The van der Waals surface area contributed by atoms with Crippen LogP contribution < -0.4 is 15.1 Å². The molecule has 0 spiro atoms. The quantitative estimate of drug-likeness (QED) is 0.805. The number of hydrogen-bond donors (Lipinski definition) is 1. The molecular formula is C23H31N5S. The van der Waals surface area contributed by atoms with Gasteiger partial charge in [-0.15, -0.1) is 11.8 Å². The molecule has 5 nitrogen and oxygen atoms in total. The molecule has 1 N–H and O–H groups in total. The van der Waals surface area contributed by atoms with Crippen LogP contribution in [0.25, 0.3) is 0 Å². The predicted molar refractivity (Wildman–Crippen MR) is 122 cm³/mol. The zero-order valence-corrected chi connectivity index (χ0v) is 18.1. The minimum atomic E-state index is 0.548. The fraction of sp³-hybridized carbons (Fsp3) is 0.565. The Hall–Kier alpha value is -1.95. The molecule has 154 valence electrons. The van der Waals surface area contributed by atoms with Gasteiger partial charge in [0.25, 0.3) is 0 Å². The number of rotatable bonds is 4. The van der Waals surface area contributed by atoms with Crippen LogP contribution in [0.2, 0.25) is 0 Å². The van der Waals surface area contributed by atoms with Gasteiger partial charge in [-0.1, -0.05) is 38.0 Å². The van der Waals surface area contributed by atoms with Crippen LogP contribution in [-0.4, -0.2) is 47.9 Å². The number of nitrogens with zero attached hydrogens (tertiary/aromatic N) is 4. The molecule has 1 saturated heterocycles. The standard InChI is InChI=1S/C23H31N5S/c1-17-7-5-6-10-19(17)24-22-21-20(11-16-29-21)25-23(26-22)28-14-12-27(13-15-28)18-8-3-2-4-9-18/h2-4,8-9,17,19H,5-7,10-16H2,1H3,(H,24,25,26). The number of hydrogen-bond acceptors (Lipinski definition) is 6. The summed E-state index contributed by atoms with van der Waals surface area (Å²) in [5.41, 5.74) is 2.56. The van der Waals surface area contributed by atoms with Gasteiger partial charge in [-0.2, -0.15) is 4.98 Å². The minimum absolute atomic E-state index is 0.548. The zero-order chi connectivity index (χ0) is 19.6. The third kappa shape index (κ3) is 4.04. The molecule has 0 amide bonds. The summed E-state index contributed by atoms with van der Waals surface area (Å²) >= 11 is 1.92. The summed E-state index contributed by atoms with van der Waals surface area (Å²) in [6.07, 6.45) is 6.35. The van der Waals surface area contributed by atoms with Crippen molar-refractivity contribution in [3.63, 3.8) is 0 Å². The fourth-order valence-corrected chi connectivity index (χ4v) is 5.86. The highest BCUT2D eigenvalue weighted by molar-refractivity contribution is 7.99. The Labute approximate surface area is 178 Å². The summed E-state index contributed by atoms with van der Waals surface area (Å²) in [6.45, 7) is 6.36. The summed E-state index contributed by atoms with van der Waals surface area (Å²) in [5.74, 6) is 3.87. The monoisotopic (exact) mass is 409 g/mol. The van der Waals surface area contributed by atoms with E-state index in [4.69, 9.17) is 9.97 Å². The molecule has 0 radical (unpaired) electrons. The molecule has 29 heavy (non-hydrogen) atoms. The van der Waals surface area contributed by atoms with E-state index in [1.165, 1.54) is 42.0 Å². The van der Waals surface area contributed by atoms with Gasteiger partial charge in [-0.25, -0.2) is 4.98 Å². The summed E-state index contributed by atoms with van der Waals surface area (Å²) in [5, 5.41) is 3.84. The van der Waals surface area contributed by atoms with E-state index in [-0.39, 0.29) is 0 Å². The van der Waals surface area contributed by atoms with E-state index in [0.29, 0.717) is 6.04 Å². The van der Waals surface area contributed by atoms with Crippen LogP contribution >= 0.6 is 11.8 Å². The van der Waals surface area contributed by atoms with Gasteiger partial charge in [-0.3, -0.25) is 0 Å². The van der Waals surface area contributed by atoms with Crippen LogP contribution in [0, 0.1) is 5.92 Å². The molecule has 1 aromatic carbocycles. The highest BCUT2D eigenvalue weighted by Gasteiger charge is 2.28. The first kappa shape index (κ1) is 19.0. The number of piperazine rings is 1. The largest absolute Gasteiger partial charge is 0.368 e. The van der Waals surface area contributed by atoms with E-state index in [1.807, 2.05) is 11.8 Å². The summed E-state index contributed by atoms with van der Waals surface area (Å²) in [4.78, 5) is 16.2. The van der Waals surface area contributed by atoms with Gasteiger partial charge in [-0.05, 0) is 30.9 Å². The number of aromatic nitrogens is 2. The smallest absolute Gasteiger partial charge is 0.227 e. The molecule has 2 unspecified atom stereocenters. The SMILES string of the molecule is CC1CCCCC1Nc1nc(N2CCN(c3ccccc3)CC2)nc2c1SCC2. The molecular weight excluding hydrogens is 378 g/mol. The molecule has 2 fully saturated rings. The molecule has 5 rings (SSSR count). The molecule has 3 aliphatic rings. The van der Waals surface area contributed by atoms with Crippen LogP contribution in [-0.2, 0) is 6.42 Å². The van der Waals surface area contributed by atoms with E-state index in [9.17, 15) is 0 Å². The number of thioether (sulfide) groups is 1. The number of fused-ring (bicyclic) bond motifs is 1. The zero-order valence-electron chi connectivity index (χ0n) is 17.3. The van der Waals surface area contributed by atoms with Gasteiger partial charge >= 0.3 is 0 Å². The van der Waals surface area contributed by atoms with E-state index >= 15 is 0 Å². The van der Waals surface area contributed by atoms with Crippen LogP contribution in [0.1, 0.15) is 38.3 Å². The number of para-hydroxylation sites is 1. The molecule has 0 bridgehead atoms. The Balaban J connectivity index is 1.33. The Kier molecular flexibility index (Phi) is 5.53. The predicted octanol–water partition coefficient (Wildman–Crippen LogP) is 4.44. The maximum absolute atomic E-state index is 5.06. The number of anilines is 3. The first-order chi connectivity index (χ1) is 14.3. The first-order valence-electron chi connectivity index (χ1n) is 11.1. The van der Waals surface area contributed by atoms with Crippen LogP contribution in [0.5, 0.6) is 0 Å². The van der Waals surface area contributed by atoms with Gasteiger partial charge in [0, 0.05) is 50.1 Å². The lowest BCUT2D eigenvalue weighted by Crippen LogP contribution is -2.47. The molecule has 3 heterocycles. The van der Waals surface area contributed by atoms with Crippen molar-refractivity contribution >= 4 is 29.2 Å². The lowest BCUT2D eigenvalue weighted by atomic mass is 9.86. The van der Waals surface area contributed by atoms with E-state index < -0.39 is 0 Å². The van der Waals surface area contributed by atoms with E-state index in [0.717, 1.165) is 56.0 Å².